The fraction of sp³-hybridized carbons (Fsp3) is 0.462. The molecule has 1 aliphatic rings. The highest BCUT2D eigenvalue weighted by atomic mass is 16.5. The number of aromatic carboxylic acids is 1. The molecule has 0 saturated carbocycles. The Hall–Kier alpha value is -1.99. The van der Waals surface area contributed by atoms with Gasteiger partial charge in [-0.3, -0.25) is 9.69 Å². The first-order valence-electron chi connectivity index (χ1n) is 6.45. The van der Waals surface area contributed by atoms with E-state index in [1.807, 2.05) is 0 Å². The number of hydrogen-bond acceptors (Lipinski definition) is 5. The van der Waals surface area contributed by atoms with Crippen LogP contribution in [0.1, 0.15) is 21.0 Å². The molecule has 1 aliphatic heterocycles. The standard InChI is InChI=1S/C13H17N3O4/c17-12(10-2-1-3-11(15-10)13(18)19)14-4-5-16-6-8-20-9-7-16/h1-3H,4-9H2,(H,14,17)(H,18,19). The zero-order valence-corrected chi connectivity index (χ0v) is 11.0. The van der Waals surface area contributed by atoms with Crippen molar-refractivity contribution < 1.29 is 19.4 Å². The predicted octanol–water partition coefficient (Wildman–Crippen LogP) is -0.158. The number of pyridine rings is 1. The minimum atomic E-state index is -1.15. The van der Waals surface area contributed by atoms with Crippen molar-refractivity contribution in [1.82, 2.24) is 15.2 Å². The summed E-state index contributed by atoms with van der Waals surface area (Å²) in [7, 11) is 0. The average molecular weight is 279 g/mol. The number of carbonyl (C=O) groups excluding carboxylic acids is 1. The van der Waals surface area contributed by atoms with Crippen LogP contribution >= 0.6 is 0 Å². The van der Waals surface area contributed by atoms with Gasteiger partial charge in [0.2, 0.25) is 0 Å². The Morgan fingerprint density at radius 1 is 1.30 bits per heavy atom. The molecule has 108 valence electrons. The first kappa shape index (κ1) is 14.4. The lowest BCUT2D eigenvalue weighted by molar-refractivity contribution is 0.0383. The van der Waals surface area contributed by atoms with Gasteiger partial charge >= 0.3 is 5.97 Å². The van der Waals surface area contributed by atoms with Crippen LogP contribution in [0.2, 0.25) is 0 Å². The number of morpholine rings is 1. The van der Waals surface area contributed by atoms with Crippen LogP contribution in [-0.2, 0) is 4.74 Å². The van der Waals surface area contributed by atoms with Crippen LogP contribution in [0.15, 0.2) is 18.2 Å². The highest BCUT2D eigenvalue weighted by Gasteiger charge is 2.13. The number of nitrogens with one attached hydrogen (secondary N) is 1. The molecule has 7 nitrogen and oxygen atoms in total. The molecule has 1 saturated heterocycles. The van der Waals surface area contributed by atoms with Crippen molar-refractivity contribution >= 4 is 11.9 Å². The molecule has 2 N–H and O–H groups in total. The van der Waals surface area contributed by atoms with Gasteiger partial charge in [0, 0.05) is 26.2 Å². The monoisotopic (exact) mass is 279 g/mol. The molecule has 2 rings (SSSR count). The molecular weight excluding hydrogens is 262 g/mol. The molecule has 20 heavy (non-hydrogen) atoms. The van der Waals surface area contributed by atoms with Crippen molar-refractivity contribution in [3.8, 4) is 0 Å². The summed E-state index contributed by atoms with van der Waals surface area (Å²) in [5.41, 5.74) is -0.0160. The molecule has 2 heterocycles. The van der Waals surface area contributed by atoms with Crippen LogP contribution in [0, 0.1) is 0 Å². The second-order valence-corrected chi connectivity index (χ2v) is 4.42. The summed E-state index contributed by atoms with van der Waals surface area (Å²) in [6.45, 7) is 4.41. The van der Waals surface area contributed by atoms with Crippen molar-refractivity contribution in [3.05, 3.63) is 29.6 Å². The van der Waals surface area contributed by atoms with Crippen molar-refractivity contribution in [1.29, 1.82) is 0 Å². The molecule has 0 radical (unpaired) electrons. The van der Waals surface area contributed by atoms with Crippen LogP contribution < -0.4 is 5.32 Å². The smallest absolute Gasteiger partial charge is 0.354 e. The SMILES string of the molecule is O=C(O)c1cccc(C(=O)NCCN2CCOCC2)n1. The molecule has 1 aromatic rings. The highest BCUT2D eigenvalue weighted by molar-refractivity contribution is 5.94. The summed E-state index contributed by atoms with van der Waals surface area (Å²) >= 11 is 0. The topological polar surface area (TPSA) is 91.8 Å². The zero-order chi connectivity index (χ0) is 14.4. The second kappa shape index (κ2) is 6.97. The Morgan fingerprint density at radius 3 is 2.70 bits per heavy atom. The Morgan fingerprint density at radius 2 is 2.00 bits per heavy atom. The summed E-state index contributed by atoms with van der Waals surface area (Å²) in [6.07, 6.45) is 0. The molecule has 0 aliphatic carbocycles. The van der Waals surface area contributed by atoms with E-state index >= 15 is 0 Å². The molecule has 1 fully saturated rings. The minimum Gasteiger partial charge on any atom is -0.477 e. The van der Waals surface area contributed by atoms with Crippen LogP contribution in [0.5, 0.6) is 0 Å². The quantitative estimate of drug-likeness (QED) is 0.778. The summed E-state index contributed by atoms with van der Waals surface area (Å²) in [6, 6.07) is 4.36. The number of carboxylic acids is 1. The van der Waals surface area contributed by atoms with E-state index < -0.39 is 5.97 Å². The number of rotatable bonds is 5. The van der Waals surface area contributed by atoms with E-state index in [4.69, 9.17) is 9.84 Å². The maximum atomic E-state index is 11.9. The van der Waals surface area contributed by atoms with Crippen molar-refractivity contribution in [2.45, 2.75) is 0 Å². The van der Waals surface area contributed by atoms with Gasteiger partial charge in [-0.1, -0.05) is 6.07 Å². The maximum absolute atomic E-state index is 11.9. The van der Waals surface area contributed by atoms with Gasteiger partial charge in [-0.2, -0.15) is 0 Å². The number of carboxylic acid groups (broad SMARTS) is 1. The van der Waals surface area contributed by atoms with E-state index in [9.17, 15) is 9.59 Å². The summed E-state index contributed by atoms with van der Waals surface area (Å²) < 4.78 is 5.24. The molecule has 1 amide bonds. The largest absolute Gasteiger partial charge is 0.477 e. The third-order valence-electron chi connectivity index (χ3n) is 3.02. The third kappa shape index (κ3) is 4.01. The van der Waals surface area contributed by atoms with Gasteiger partial charge in [0.15, 0.2) is 0 Å². The van der Waals surface area contributed by atoms with Crippen molar-refractivity contribution in [2.24, 2.45) is 0 Å². The number of nitrogens with zero attached hydrogens (tertiary/aromatic N) is 2. The Labute approximate surface area is 116 Å². The van der Waals surface area contributed by atoms with E-state index in [-0.39, 0.29) is 17.3 Å². The number of ether oxygens (including phenoxy) is 1. The minimum absolute atomic E-state index is 0.117. The van der Waals surface area contributed by atoms with E-state index in [1.54, 1.807) is 0 Å². The fourth-order valence-electron chi connectivity index (χ4n) is 1.92. The number of carbonyl (C=O) groups is 2. The third-order valence-corrected chi connectivity index (χ3v) is 3.02. The van der Waals surface area contributed by atoms with Gasteiger partial charge in [0.1, 0.15) is 11.4 Å². The molecule has 0 spiro atoms. The normalized spacial score (nSPS) is 15.8. The van der Waals surface area contributed by atoms with Crippen LogP contribution in [0.25, 0.3) is 0 Å². The molecule has 0 aromatic carbocycles. The van der Waals surface area contributed by atoms with E-state index in [0.717, 1.165) is 32.8 Å². The maximum Gasteiger partial charge on any atom is 0.354 e. The molecule has 1 aromatic heterocycles. The number of aromatic nitrogens is 1. The molecule has 7 heteroatoms. The summed E-state index contributed by atoms with van der Waals surface area (Å²) in [5, 5.41) is 11.6. The van der Waals surface area contributed by atoms with Gasteiger partial charge in [0.05, 0.1) is 13.2 Å². The van der Waals surface area contributed by atoms with Crippen molar-refractivity contribution in [2.75, 3.05) is 39.4 Å². The van der Waals surface area contributed by atoms with Crippen LogP contribution in [-0.4, -0.2) is 66.3 Å². The number of hydrogen-bond donors (Lipinski definition) is 2. The lowest BCUT2D eigenvalue weighted by Crippen LogP contribution is -2.41. The average Bonchev–Trinajstić information content (AvgIpc) is 2.48. The molecule has 0 unspecified atom stereocenters. The summed E-state index contributed by atoms with van der Waals surface area (Å²) in [5.74, 6) is -1.51. The van der Waals surface area contributed by atoms with Gasteiger partial charge in [-0.05, 0) is 12.1 Å². The fourth-order valence-corrected chi connectivity index (χ4v) is 1.92. The Bertz CT molecular complexity index is 486. The van der Waals surface area contributed by atoms with Gasteiger partial charge in [0.25, 0.3) is 5.91 Å². The highest BCUT2D eigenvalue weighted by Crippen LogP contribution is 2.00. The lowest BCUT2D eigenvalue weighted by Gasteiger charge is -2.26. The van der Waals surface area contributed by atoms with E-state index in [2.05, 4.69) is 15.2 Å². The number of amides is 1. The van der Waals surface area contributed by atoms with E-state index in [1.165, 1.54) is 18.2 Å². The Balaban J connectivity index is 1.82. The first-order chi connectivity index (χ1) is 9.66. The lowest BCUT2D eigenvalue weighted by atomic mass is 10.3. The first-order valence-corrected chi connectivity index (χ1v) is 6.45. The predicted molar refractivity (Wildman–Crippen MR) is 70.8 cm³/mol. The van der Waals surface area contributed by atoms with Gasteiger partial charge < -0.3 is 15.2 Å². The Kier molecular flexibility index (Phi) is 5.03. The van der Waals surface area contributed by atoms with Gasteiger partial charge in [-0.25, -0.2) is 9.78 Å². The van der Waals surface area contributed by atoms with E-state index in [0.29, 0.717) is 6.54 Å². The van der Waals surface area contributed by atoms with Gasteiger partial charge in [-0.15, -0.1) is 0 Å². The summed E-state index contributed by atoms with van der Waals surface area (Å²) in [4.78, 5) is 28.6. The zero-order valence-electron chi connectivity index (χ0n) is 11.0. The van der Waals surface area contributed by atoms with Crippen LogP contribution in [0.4, 0.5) is 0 Å². The van der Waals surface area contributed by atoms with Crippen LogP contribution in [0.3, 0.4) is 0 Å². The molecule has 0 atom stereocenters. The van der Waals surface area contributed by atoms with Crippen molar-refractivity contribution in [3.63, 3.8) is 0 Å². The molecule has 0 bridgehead atoms. The second-order valence-electron chi connectivity index (χ2n) is 4.42. The molecular formula is C13H17N3O4.